The van der Waals surface area contributed by atoms with Crippen LogP contribution < -0.4 is 0 Å². The normalized spacial score (nSPS) is 13.7. The highest BCUT2D eigenvalue weighted by molar-refractivity contribution is 6.04. The summed E-state index contributed by atoms with van der Waals surface area (Å²) in [5, 5.41) is 24.5. The topological polar surface area (TPSA) is 40.5 Å². The average molecular weight is 400 g/mol. The van der Waals surface area contributed by atoms with Crippen molar-refractivity contribution in [3.05, 3.63) is 131 Å². The molecule has 2 heteroatoms. The zero-order chi connectivity index (χ0) is 21.0. The van der Waals surface area contributed by atoms with E-state index in [-0.39, 0.29) is 11.5 Å². The quantitative estimate of drug-likeness (QED) is 0.343. The second-order valence-electron chi connectivity index (χ2n) is 8.04. The first kappa shape index (κ1) is 17.8. The molecule has 0 saturated heterocycles. The second kappa shape index (κ2) is 6.48. The fourth-order valence-corrected chi connectivity index (χ4v) is 5.35. The van der Waals surface area contributed by atoms with Gasteiger partial charge in [-0.25, -0.2) is 0 Å². The van der Waals surface area contributed by atoms with Crippen LogP contribution in [0.5, 0.6) is 11.5 Å². The summed E-state index contributed by atoms with van der Waals surface area (Å²) in [5.74, 6) is 0.420. The predicted molar refractivity (Wildman–Crippen MR) is 125 cm³/mol. The molecule has 1 aliphatic carbocycles. The number of benzene rings is 5. The van der Waals surface area contributed by atoms with Crippen LogP contribution in [0.15, 0.2) is 109 Å². The highest BCUT2D eigenvalue weighted by Gasteiger charge is 2.49. The highest BCUT2D eigenvalue weighted by atomic mass is 16.3. The van der Waals surface area contributed by atoms with Crippen molar-refractivity contribution in [2.24, 2.45) is 0 Å². The van der Waals surface area contributed by atoms with E-state index in [0.29, 0.717) is 0 Å². The van der Waals surface area contributed by atoms with Gasteiger partial charge in [-0.05, 0) is 45.2 Å². The number of hydrogen-bond acceptors (Lipinski definition) is 2. The van der Waals surface area contributed by atoms with E-state index in [1.165, 1.54) is 10.8 Å². The Bertz CT molecular complexity index is 1420. The van der Waals surface area contributed by atoms with Gasteiger partial charge in [0.1, 0.15) is 11.5 Å². The van der Waals surface area contributed by atoms with Gasteiger partial charge in [0.15, 0.2) is 0 Å². The summed E-state index contributed by atoms with van der Waals surface area (Å²) in [7, 11) is 0. The van der Waals surface area contributed by atoms with Crippen molar-refractivity contribution in [3.8, 4) is 22.6 Å². The van der Waals surface area contributed by atoms with Crippen LogP contribution in [-0.2, 0) is 5.41 Å². The van der Waals surface area contributed by atoms with Crippen molar-refractivity contribution in [3.63, 3.8) is 0 Å². The van der Waals surface area contributed by atoms with Crippen LogP contribution in [-0.4, -0.2) is 10.2 Å². The molecular weight excluding hydrogens is 380 g/mol. The van der Waals surface area contributed by atoms with E-state index in [4.69, 9.17) is 0 Å². The number of para-hydroxylation sites is 2. The van der Waals surface area contributed by atoms with E-state index >= 15 is 0 Å². The molecule has 31 heavy (non-hydrogen) atoms. The van der Waals surface area contributed by atoms with E-state index in [2.05, 4.69) is 54.6 Å². The van der Waals surface area contributed by atoms with Crippen LogP contribution in [0.4, 0.5) is 0 Å². The maximum atomic E-state index is 11.1. The Balaban J connectivity index is 1.88. The lowest BCUT2D eigenvalue weighted by molar-refractivity contribution is 0.448. The number of aromatic hydroxyl groups is 2. The second-order valence-corrected chi connectivity index (χ2v) is 8.04. The van der Waals surface area contributed by atoms with Crippen LogP contribution >= 0.6 is 0 Å². The molecule has 1 aliphatic rings. The predicted octanol–water partition coefficient (Wildman–Crippen LogP) is 6.61. The smallest absolute Gasteiger partial charge is 0.120 e. The first-order chi connectivity index (χ1) is 15.2. The summed E-state index contributed by atoms with van der Waals surface area (Å²) < 4.78 is 0. The van der Waals surface area contributed by atoms with Gasteiger partial charge in [0, 0.05) is 11.1 Å². The number of rotatable bonds is 2. The first-order valence-electron chi connectivity index (χ1n) is 10.4. The third-order valence-corrected chi connectivity index (χ3v) is 6.55. The molecule has 0 amide bonds. The summed E-state index contributed by atoms with van der Waals surface area (Å²) in [4.78, 5) is 0. The molecule has 6 rings (SSSR count). The Morgan fingerprint density at radius 1 is 0.452 bits per heavy atom. The van der Waals surface area contributed by atoms with Crippen molar-refractivity contribution in [1.82, 2.24) is 0 Å². The van der Waals surface area contributed by atoms with Crippen LogP contribution in [0.25, 0.3) is 21.9 Å². The summed E-state index contributed by atoms with van der Waals surface area (Å²) in [6.07, 6.45) is 0. The zero-order valence-corrected chi connectivity index (χ0v) is 16.8. The van der Waals surface area contributed by atoms with Crippen molar-refractivity contribution < 1.29 is 10.2 Å². The molecule has 2 nitrogen and oxygen atoms in total. The molecule has 5 aromatic rings. The molecule has 0 fully saturated rings. The number of phenols is 2. The maximum Gasteiger partial charge on any atom is 0.120 e. The molecule has 0 aliphatic heterocycles. The summed E-state index contributed by atoms with van der Waals surface area (Å²) in [6, 6.07) is 35.9. The highest BCUT2D eigenvalue weighted by Crippen LogP contribution is 2.60. The summed E-state index contributed by atoms with van der Waals surface area (Å²) in [6.45, 7) is 0. The lowest BCUT2D eigenvalue weighted by Crippen LogP contribution is -2.28. The number of hydrogen-bond donors (Lipinski definition) is 2. The Labute approximate surface area is 180 Å². The van der Waals surface area contributed by atoms with Gasteiger partial charge in [0.2, 0.25) is 0 Å². The van der Waals surface area contributed by atoms with Gasteiger partial charge in [-0.2, -0.15) is 0 Å². The maximum absolute atomic E-state index is 11.1. The van der Waals surface area contributed by atoms with Gasteiger partial charge >= 0.3 is 0 Å². The van der Waals surface area contributed by atoms with E-state index in [1.54, 1.807) is 12.1 Å². The molecule has 2 N–H and O–H groups in total. The minimum absolute atomic E-state index is 0.210. The van der Waals surface area contributed by atoms with Crippen molar-refractivity contribution >= 4 is 10.8 Å². The van der Waals surface area contributed by atoms with E-state index in [1.807, 2.05) is 42.5 Å². The van der Waals surface area contributed by atoms with Crippen molar-refractivity contribution in [1.29, 1.82) is 0 Å². The van der Waals surface area contributed by atoms with Crippen LogP contribution in [0.1, 0.15) is 22.3 Å². The van der Waals surface area contributed by atoms with Gasteiger partial charge in [0.25, 0.3) is 0 Å². The minimum Gasteiger partial charge on any atom is -0.508 e. The van der Waals surface area contributed by atoms with Crippen LogP contribution in [0.3, 0.4) is 0 Å². The Hall–Kier alpha value is -4.04. The van der Waals surface area contributed by atoms with Crippen molar-refractivity contribution in [2.75, 3.05) is 0 Å². The largest absolute Gasteiger partial charge is 0.508 e. The SMILES string of the molecule is Oc1ccccc1C1(c2ccccc2O)c2ccccc2-c2c1ccc1ccccc21. The Morgan fingerprint density at radius 3 is 1.68 bits per heavy atom. The van der Waals surface area contributed by atoms with Crippen LogP contribution in [0, 0.1) is 0 Å². The van der Waals surface area contributed by atoms with E-state index in [0.717, 1.165) is 33.4 Å². The molecule has 0 heterocycles. The number of phenolic OH excluding ortho intramolecular Hbond substituents is 2. The van der Waals surface area contributed by atoms with Gasteiger partial charge < -0.3 is 10.2 Å². The fourth-order valence-electron chi connectivity index (χ4n) is 5.35. The van der Waals surface area contributed by atoms with Crippen LogP contribution in [0.2, 0.25) is 0 Å². The molecule has 0 radical (unpaired) electrons. The van der Waals surface area contributed by atoms with E-state index < -0.39 is 5.41 Å². The fraction of sp³-hybridized carbons (Fsp3) is 0.0345. The molecule has 0 aromatic heterocycles. The molecule has 0 spiro atoms. The van der Waals surface area contributed by atoms with Gasteiger partial charge in [0.05, 0.1) is 5.41 Å². The van der Waals surface area contributed by atoms with Gasteiger partial charge in [-0.3, -0.25) is 0 Å². The lowest BCUT2D eigenvalue weighted by atomic mass is 9.67. The molecule has 0 saturated carbocycles. The molecule has 0 bridgehead atoms. The van der Waals surface area contributed by atoms with Gasteiger partial charge in [-0.1, -0.05) is 97.1 Å². The zero-order valence-electron chi connectivity index (χ0n) is 16.8. The Morgan fingerprint density at radius 2 is 1.00 bits per heavy atom. The summed E-state index contributed by atoms with van der Waals surface area (Å²) >= 11 is 0. The monoisotopic (exact) mass is 400 g/mol. The molecule has 148 valence electrons. The summed E-state index contributed by atoms with van der Waals surface area (Å²) in [5.41, 5.74) is 5.10. The molecule has 0 atom stereocenters. The third-order valence-electron chi connectivity index (χ3n) is 6.55. The lowest BCUT2D eigenvalue weighted by Gasteiger charge is -2.34. The standard InChI is InChI=1S/C29H20O2/c30-26-15-7-5-13-23(26)29(24-14-6-8-16-27(24)31)22-12-4-3-11-21(22)28-20-10-2-1-9-19(20)17-18-25(28)29/h1-18,30-31H. The van der Waals surface area contributed by atoms with Gasteiger partial charge in [-0.15, -0.1) is 0 Å². The van der Waals surface area contributed by atoms with E-state index in [9.17, 15) is 10.2 Å². The third kappa shape index (κ3) is 2.27. The number of fused-ring (bicyclic) bond motifs is 5. The Kier molecular flexibility index (Phi) is 3.72. The molecule has 0 unspecified atom stereocenters. The first-order valence-corrected chi connectivity index (χ1v) is 10.4. The molecule has 5 aromatic carbocycles. The van der Waals surface area contributed by atoms with Crippen molar-refractivity contribution in [2.45, 2.75) is 5.41 Å². The average Bonchev–Trinajstić information content (AvgIpc) is 3.11. The molecular formula is C29H20O2. The minimum atomic E-state index is -0.827.